The lowest BCUT2D eigenvalue weighted by molar-refractivity contribution is -0.140. The highest BCUT2D eigenvalue weighted by Gasteiger charge is 2.33. The number of nitrogens with zero attached hydrogens (tertiary/aromatic N) is 3. The monoisotopic (exact) mass is 677 g/mol. The third kappa shape index (κ3) is 5.92. The Kier molecular flexibility index (Phi) is 8.98. The lowest BCUT2D eigenvalue weighted by Crippen LogP contribution is -2.39. The van der Waals surface area contributed by atoms with Gasteiger partial charge in [0.1, 0.15) is 0 Å². The first-order valence-corrected chi connectivity index (χ1v) is 14.1. The van der Waals surface area contributed by atoms with Gasteiger partial charge in [0.2, 0.25) is 0 Å². The van der Waals surface area contributed by atoms with E-state index in [0.717, 1.165) is 11.3 Å². The Hall–Kier alpha value is -3.65. The molecule has 0 saturated carbocycles. The van der Waals surface area contributed by atoms with Gasteiger partial charge in [-0.2, -0.15) is 0 Å². The molecular formula is C28H28IN3O7S. The van der Waals surface area contributed by atoms with E-state index >= 15 is 0 Å². The number of fused-ring (bicyclic) bond motifs is 1. The molecule has 4 rings (SSSR count). The molecule has 0 fully saturated rings. The second-order valence-electron chi connectivity index (χ2n) is 9.00. The Bertz CT molecular complexity index is 1670. The number of aromatic nitrogens is 1. The smallest absolute Gasteiger partial charge is 0.341 e. The summed E-state index contributed by atoms with van der Waals surface area (Å²) in [6.45, 7) is 3.16. The number of ether oxygens (including phenoxy) is 3. The normalized spacial score (nSPS) is 14.8. The molecule has 0 amide bonds. The highest BCUT2D eigenvalue weighted by Crippen LogP contribution is 2.34. The first-order chi connectivity index (χ1) is 19.0. The highest BCUT2D eigenvalue weighted by molar-refractivity contribution is 14.1. The van der Waals surface area contributed by atoms with Crippen LogP contribution >= 0.6 is 33.9 Å². The molecule has 3 aromatic rings. The largest absolute Gasteiger partial charge is 0.493 e. The van der Waals surface area contributed by atoms with E-state index in [2.05, 4.69) is 4.99 Å². The van der Waals surface area contributed by atoms with E-state index in [1.165, 1.54) is 23.0 Å². The number of allylic oxidation sites excluding steroid dienone is 1. The van der Waals surface area contributed by atoms with E-state index in [1.807, 2.05) is 65.9 Å². The number of carboxylic acids is 1. The maximum Gasteiger partial charge on any atom is 0.341 e. The number of thiazole rings is 1. The summed E-state index contributed by atoms with van der Waals surface area (Å²) in [5.41, 5.74) is 2.89. The standard InChI is InChI=1S/C28H28IN3O7S/c1-6-38-27(36)23-15(2)30-28-32(24(23)17-7-9-18(10-8-17)31(3)4)26(35)21(40-28)13-16-11-19(29)25(20(12-16)37-5)39-14-22(33)34/h7-13,24H,6,14H2,1-5H3,(H,33,34)/b21-13-/t24-/m0/s1. The van der Waals surface area contributed by atoms with Crippen molar-refractivity contribution >= 4 is 57.6 Å². The Labute approximate surface area is 248 Å². The molecule has 2 aromatic carbocycles. The van der Waals surface area contributed by atoms with Gasteiger partial charge in [-0.3, -0.25) is 9.36 Å². The molecule has 0 unspecified atom stereocenters. The second-order valence-corrected chi connectivity index (χ2v) is 11.2. The SMILES string of the molecule is CCOC(=O)C1=C(C)N=c2s/c(=C\c3cc(I)c(OCC(=O)O)c(OC)c3)c(=O)n2[C@H]1c1ccc(N(C)C)cc1. The topological polar surface area (TPSA) is 120 Å². The number of methoxy groups -OCH3 is 1. The number of benzene rings is 2. The number of halogens is 1. The molecule has 2 heterocycles. The van der Waals surface area contributed by atoms with Gasteiger partial charge in [0, 0.05) is 19.8 Å². The lowest BCUT2D eigenvalue weighted by atomic mass is 9.95. The Balaban J connectivity index is 1.88. The minimum Gasteiger partial charge on any atom is -0.493 e. The molecule has 1 atom stereocenters. The van der Waals surface area contributed by atoms with Gasteiger partial charge in [-0.15, -0.1) is 0 Å². The Morgan fingerprint density at radius 3 is 2.52 bits per heavy atom. The molecule has 1 aliphatic heterocycles. The van der Waals surface area contributed by atoms with Crippen LogP contribution in [0.4, 0.5) is 5.69 Å². The molecule has 0 saturated heterocycles. The molecule has 1 aromatic heterocycles. The van der Waals surface area contributed by atoms with Crippen LogP contribution in [0.1, 0.15) is 31.0 Å². The van der Waals surface area contributed by atoms with E-state index in [9.17, 15) is 14.4 Å². The van der Waals surface area contributed by atoms with Crippen molar-refractivity contribution in [1.29, 1.82) is 0 Å². The van der Waals surface area contributed by atoms with Crippen molar-refractivity contribution in [3.05, 3.63) is 82.1 Å². The van der Waals surface area contributed by atoms with E-state index < -0.39 is 24.6 Å². The fourth-order valence-corrected chi connectivity index (χ4v) is 6.14. The van der Waals surface area contributed by atoms with Crippen molar-refractivity contribution in [2.45, 2.75) is 19.9 Å². The molecule has 1 N–H and O–H groups in total. The van der Waals surface area contributed by atoms with Gasteiger partial charge in [-0.1, -0.05) is 23.5 Å². The molecule has 12 heteroatoms. The quantitative estimate of drug-likeness (QED) is 0.272. The first kappa shape index (κ1) is 29.3. The van der Waals surface area contributed by atoms with E-state index in [-0.39, 0.29) is 12.2 Å². The molecule has 0 aliphatic carbocycles. The minimum absolute atomic E-state index is 0.193. The number of carboxylic acid groups (broad SMARTS) is 1. The van der Waals surface area contributed by atoms with Crippen molar-refractivity contribution < 1.29 is 28.9 Å². The average molecular weight is 678 g/mol. The average Bonchev–Trinajstić information content (AvgIpc) is 3.20. The minimum atomic E-state index is -1.11. The zero-order valence-electron chi connectivity index (χ0n) is 22.6. The number of aliphatic carboxylic acids is 1. The first-order valence-electron chi connectivity index (χ1n) is 12.2. The van der Waals surface area contributed by atoms with Gasteiger partial charge in [-0.25, -0.2) is 14.6 Å². The summed E-state index contributed by atoms with van der Waals surface area (Å²) in [4.78, 5) is 45.0. The van der Waals surface area contributed by atoms with Gasteiger partial charge in [0.15, 0.2) is 22.9 Å². The van der Waals surface area contributed by atoms with Crippen LogP contribution in [-0.4, -0.2) is 56.0 Å². The van der Waals surface area contributed by atoms with Crippen molar-refractivity contribution in [2.24, 2.45) is 4.99 Å². The van der Waals surface area contributed by atoms with Crippen LogP contribution in [0.5, 0.6) is 11.5 Å². The predicted octanol–water partition coefficient (Wildman–Crippen LogP) is 2.94. The van der Waals surface area contributed by atoms with Gasteiger partial charge >= 0.3 is 11.9 Å². The molecular weight excluding hydrogens is 649 g/mol. The van der Waals surface area contributed by atoms with Gasteiger partial charge < -0.3 is 24.2 Å². The van der Waals surface area contributed by atoms with Gasteiger partial charge in [0.25, 0.3) is 5.56 Å². The molecule has 0 bridgehead atoms. The van der Waals surface area contributed by atoms with Crippen molar-refractivity contribution in [1.82, 2.24) is 4.57 Å². The molecule has 0 radical (unpaired) electrons. The third-order valence-corrected chi connectivity index (χ3v) is 7.92. The fraction of sp³-hybridized carbons (Fsp3) is 0.286. The summed E-state index contributed by atoms with van der Waals surface area (Å²) >= 11 is 3.24. The number of rotatable bonds is 9. The van der Waals surface area contributed by atoms with Crippen LogP contribution in [0.2, 0.25) is 0 Å². The number of hydrogen-bond donors (Lipinski definition) is 1. The number of anilines is 1. The van der Waals surface area contributed by atoms with Crippen molar-refractivity contribution in [3.63, 3.8) is 0 Å². The molecule has 40 heavy (non-hydrogen) atoms. The zero-order chi connectivity index (χ0) is 29.1. The number of carbonyl (C=O) groups is 2. The molecule has 210 valence electrons. The summed E-state index contributed by atoms with van der Waals surface area (Å²) in [7, 11) is 5.33. The van der Waals surface area contributed by atoms with Crippen LogP contribution in [0, 0.1) is 3.57 Å². The Morgan fingerprint density at radius 1 is 1.23 bits per heavy atom. The zero-order valence-corrected chi connectivity index (χ0v) is 25.5. The van der Waals surface area contributed by atoms with E-state index in [0.29, 0.717) is 41.2 Å². The maximum absolute atomic E-state index is 13.9. The van der Waals surface area contributed by atoms with E-state index in [1.54, 1.807) is 32.1 Å². The summed E-state index contributed by atoms with van der Waals surface area (Å²) < 4.78 is 18.7. The maximum atomic E-state index is 13.9. The van der Waals surface area contributed by atoms with E-state index in [4.69, 9.17) is 19.3 Å². The fourth-order valence-electron chi connectivity index (χ4n) is 4.31. The Morgan fingerprint density at radius 2 is 1.93 bits per heavy atom. The van der Waals surface area contributed by atoms with Crippen LogP contribution in [-0.2, 0) is 14.3 Å². The predicted molar refractivity (Wildman–Crippen MR) is 160 cm³/mol. The van der Waals surface area contributed by atoms with Crippen LogP contribution in [0.25, 0.3) is 6.08 Å². The van der Waals surface area contributed by atoms with Crippen LogP contribution < -0.4 is 29.3 Å². The summed E-state index contributed by atoms with van der Waals surface area (Å²) in [6, 6.07) is 10.4. The summed E-state index contributed by atoms with van der Waals surface area (Å²) in [5, 5.41) is 8.98. The van der Waals surface area contributed by atoms with Crippen molar-refractivity contribution in [2.75, 3.05) is 39.3 Å². The second kappa shape index (κ2) is 12.3. The summed E-state index contributed by atoms with van der Waals surface area (Å²) in [6.07, 6.45) is 1.71. The van der Waals surface area contributed by atoms with Crippen molar-refractivity contribution in [3.8, 4) is 11.5 Å². The number of hydrogen-bond acceptors (Lipinski definition) is 9. The molecule has 0 spiro atoms. The summed E-state index contributed by atoms with van der Waals surface area (Å²) in [5.74, 6) is -0.978. The number of carbonyl (C=O) groups excluding carboxylic acids is 1. The van der Waals surface area contributed by atoms with Crippen LogP contribution in [0.3, 0.4) is 0 Å². The lowest BCUT2D eigenvalue weighted by Gasteiger charge is -2.25. The molecule has 10 nitrogen and oxygen atoms in total. The third-order valence-electron chi connectivity index (χ3n) is 6.13. The van der Waals surface area contributed by atoms with Gasteiger partial charge in [0.05, 0.1) is 39.1 Å². The highest BCUT2D eigenvalue weighted by atomic mass is 127. The number of esters is 1. The van der Waals surface area contributed by atoms with Crippen LogP contribution in [0.15, 0.2) is 57.5 Å². The molecule has 1 aliphatic rings. The van der Waals surface area contributed by atoms with Gasteiger partial charge in [-0.05, 0) is 77.9 Å².